The highest BCUT2D eigenvalue weighted by Crippen LogP contribution is 2.26. The number of hydrogen-bond donors (Lipinski definition) is 1. The van der Waals surface area contributed by atoms with Crippen LogP contribution in [0.2, 0.25) is 5.02 Å². The number of aromatic nitrogens is 3. The Kier molecular flexibility index (Phi) is 4.30. The average molecular weight is 295 g/mol. The van der Waals surface area contributed by atoms with Crippen LogP contribution in [0.15, 0.2) is 24.4 Å². The fraction of sp³-hybridized carbons (Fsp3) is 0.429. The molecule has 0 aliphatic rings. The van der Waals surface area contributed by atoms with E-state index in [2.05, 4.69) is 36.4 Å². The van der Waals surface area contributed by atoms with Crippen molar-refractivity contribution in [3.63, 3.8) is 0 Å². The summed E-state index contributed by atoms with van der Waals surface area (Å²) in [5.41, 5.74) is 1.88. The molecule has 1 aromatic heterocycles. The summed E-state index contributed by atoms with van der Waals surface area (Å²) in [5.74, 6) is 0.620. The summed E-state index contributed by atoms with van der Waals surface area (Å²) in [6, 6.07) is 5.52. The first-order chi connectivity index (χ1) is 9.40. The van der Waals surface area contributed by atoms with E-state index in [0.717, 1.165) is 11.4 Å². The molecule has 0 radical (unpaired) electrons. The Hall–Kier alpha value is -1.59. The van der Waals surface area contributed by atoms with Crippen LogP contribution in [-0.4, -0.2) is 27.6 Å². The molecule has 2 rings (SSSR count). The van der Waals surface area contributed by atoms with E-state index in [1.165, 1.54) is 0 Å². The second-order valence-corrected chi connectivity index (χ2v) is 5.97. The van der Waals surface area contributed by atoms with Crippen molar-refractivity contribution < 1.29 is 4.74 Å². The third kappa shape index (κ3) is 3.49. The van der Waals surface area contributed by atoms with Gasteiger partial charge >= 0.3 is 0 Å². The van der Waals surface area contributed by atoms with Crippen LogP contribution >= 0.6 is 11.6 Å². The summed E-state index contributed by atoms with van der Waals surface area (Å²) < 4.78 is 7.00. The van der Waals surface area contributed by atoms with Gasteiger partial charge in [0.05, 0.1) is 29.7 Å². The van der Waals surface area contributed by atoms with E-state index in [-0.39, 0.29) is 5.54 Å². The second-order valence-electron chi connectivity index (χ2n) is 5.56. The van der Waals surface area contributed by atoms with Crippen LogP contribution in [0.4, 0.5) is 0 Å². The van der Waals surface area contributed by atoms with Crippen LogP contribution in [-0.2, 0) is 6.54 Å². The first-order valence-corrected chi connectivity index (χ1v) is 6.77. The number of nitrogens with zero attached hydrogens (tertiary/aromatic N) is 3. The smallest absolute Gasteiger partial charge is 0.139 e. The van der Waals surface area contributed by atoms with Gasteiger partial charge < -0.3 is 10.1 Å². The molecule has 0 amide bonds. The molecular weight excluding hydrogens is 276 g/mol. The molecule has 0 spiro atoms. The molecule has 0 bridgehead atoms. The van der Waals surface area contributed by atoms with Crippen molar-refractivity contribution in [3.8, 4) is 11.4 Å². The lowest BCUT2D eigenvalue weighted by atomic mass is 10.1. The van der Waals surface area contributed by atoms with Gasteiger partial charge in [0.25, 0.3) is 0 Å². The number of rotatable bonds is 4. The Balaban J connectivity index is 2.27. The normalized spacial score (nSPS) is 11.7. The number of nitrogens with one attached hydrogen (secondary N) is 1. The van der Waals surface area contributed by atoms with Gasteiger partial charge in [0.2, 0.25) is 0 Å². The van der Waals surface area contributed by atoms with Gasteiger partial charge in [0, 0.05) is 18.2 Å². The van der Waals surface area contributed by atoms with Crippen LogP contribution in [0.3, 0.4) is 0 Å². The lowest BCUT2D eigenvalue weighted by molar-refractivity contribution is 0.413. The zero-order valence-corrected chi connectivity index (χ0v) is 12.9. The zero-order valence-electron chi connectivity index (χ0n) is 12.1. The Morgan fingerprint density at radius 1 is 1.35 bits per heavy atom. The van der Waals surface area contributed by atoms with Crippen LogP contribution in [0.1, 0.15) is 26.5 Å². The molecule has 0 unspecified atom stereocenters. The summed E-state index contributed by atoms with van der Waals surface area (Å²) in [6.45, 7) is 7.03. The van der Waals surface area contributed by atoms with Crippen molar-refractivity contribution in [2.24, 2.45) is 0 Å². The Morgan fingerprint density at radius 2 is 2.10 bits per heavy atom. The van der Waals surface area contributed by atoms with E-state index >= 15 is 0 Å². The molecule has 20 heavy (non-hydrogen) atoms. The van der Waals surface area contributed by atoms with E-state index in [1.54, 1.807) is 24.1 Å². The zero-order chi connectivity index (χ0) is 14.8. The van der Waals surface area contributed by atoms with Gasteiger partial charge in [-0.3, -0.25) is 0 Å². The Bertz CT molecular complexity index is 589. The maximum absolute atomic E-state index is 6.04. The van der Waals surface area contributed by atoms with Gasteiger partial charge in [-0.25, -0.2) is 4.68 Å². The predicted molar refractivity (Wildman–Crippen MR) is 79.5 cm³/mol. The summed E-state index contributed by atoms with van der Waals surface area (Å²) in [6.07, 6.45) is 1.75. The summed E-state index contributed by atoms with van der Waals surface area (Å²) in [7, 11) is 1.59. The molecule has 5 nitrogen and oxygen atoms in total. The van der Waals surface area contributed by atoms with E-state index in [0.29, 0.717) is 17.3 Å². The predicted octanol–water partition coefficient (Wildman–Crippen LogP) is 2.82. The Labute approximate surface area is 123 Å². The van der Waals surface area contributed by atoms with E-state index < -0.39 is 0 Å². The maximum Gasteiger partial charge on any atom is 0.139 e. The minimum atomic E-state index is 0.0345. The van der Waals surface area contributed by atoms with Crippen molar-refractivity contribution >= 4 is 11.6 Å². The number of methoxy groups -OCH3 is 1. The van der Waals surface area contributed by atoms with Crippen LogP contribution in [0.5, 0.6) is 5.75 Å². The molecule has 0 fully saturated rings. The highest BCUT2D eigenvalue weighted by molar-refractivity contribution is 6.32. The van der Waals surface area contributed by atoms with Gasteiger partial charge in [0.15, 0.2) is 0 Å². The SMILES string of the molecule is COc1cc(-n2nncc2CNC(C)(C)C)ccc1Cl. The molecule has 0 saturated carbocycles. The molecule has 108 valence electrons. The highest BCUT2D eigenvalue weighted by Gasteiger charge is 2.13. The quantitative estimate of drug-likeness (QED) is 0.942. The molecule has 1 aromatic carbocycles. The lowest BCUT2D eigenvalue weighted by Gasteiger charge is -2.20. The molecule has 6 heteroatoms. The molecule has 2 aromatic rings. The lowest BCUT2D eigenvalue weighted by Crippen LogP contribution is -2.35. The molecule has 0 aliphatic heterocycles. The first kappa shape index (κ1) is 14.8. The number of hydrogen-bond acceptors (Lipinski definition) is 4. The first-order valence-electron chi connectivity index (χ1n) is 6.39. The van der Waals surface area contributed by atoms with Crippen molar-refractivity contribution in [1.82, 2.24) is 20.3 Å². The molecule has 1 heterocycles. The van der Waals surface area contributed by atoms with Gasteiger partial charge in [0.1, 0.15) is 5.75 Å². The van der Waals surface area contributed by atoms with Gasteiger partial charge in [-0.1, -0.05) is 16.8 Å². The Morgan fingerprint density at radius 3 is 2.75 bits per heavy atom. The topological polar surface area (TPSA) is 52.0 Å². The van der Waals surface area contributed by atoms with Gasteiger partial charge in [-0.05, 0) is 32.9 Å². The third-order valence-corrected chi connectivity index (χ3v) is 3.11. The summed E-state index contributed by atoms with van der Waals surface area (Å²) in [4.78, 5) is 0. The molecular formula is C14H19ClN4O. The molecule has 0 aliphatic carbocycles. The molecule has 1 N–H and O–H groups in total. The largest absolute Gasteiger partial charge is 0.495 e. The van der Waals surface area contributed by atoms with Crippen LogP contribution < -0.4 is 10.1 Å². The minimum Gasteiger partial charge on any atom is -0.495 e. The molecule has 0 atom stereocenters. The number of ether oxygens (including phenoxy) is 1. The minimum absolute atomic E-state index is 0.0345. The van der Waals surface area contributed by atoms with E-state index in [1.807, 2.05) is 12.1 Å². The number of benzene rings is 1. The standard InChI is InChI=1S/C14H19ClN4O/c1-14(2,3)16-8-11-9-17-18-19(11)10-5-6-12(15)13(7-10)20-4/h5-7,9,16H,8H2,1-4H3. The van der Waals surface area contributed by atoms with Crippen LogP contribution in [0, 0.1) is 0 Å². The second kappa shape index (κ2) is 5.81. The highest BCUT2D eigenvalue weighted by atomic mass is 35.5. The van der Waals surface area contributed by atoms with E-state index in [9.17, 15) is 0 Å². The van der Waals surface area contributed by atoms with Crippen molar-refractivity contribution in [1.29, 1.82) is 0 Å². The third-order valence-electron chi connectivity index (χ3n) is 2.80. The summed E-state index contributed by atoms with van der Waals surface area (Å²) in [5, 5.41) is 12.1. The van der Waals surface area contributed by atoms with Crippen molar-refractivity contribution in [2.75, 3.05) is 7.11 Å². The fourth-order valence-electron chi connectivity index (χ4n) is 1.73. The van der Waals surface area contributed by atoms with E-state index in [4.69, 9.17) is 16.3 Å². The summed E-state index contributed by atoms with van der Waals surface area (Å²) >= 11 is 6.04. The number of halogens is 1. The monoisotopic (exact) mass is 294 g/mol. The van der Waals surface area contributed by atoms with Crippen molar-refractivity contribution in [2.45, 2.75) is 32.9 Å². The fourth-order valence-corrected chi connectivity index (χ4v) is 1.92. The molecule has 0 saturated heterocycles. The van der Waals surface area contributed by atoms with Gasteiger partial charge in [-0.2, -0.15) is 0 Å². The maximum atomic E-state index is 6.04. The van der Waals surface area contributed by atoms with Crippen molar-refractivity contribution in [3.05, 3.63) is 35.1 Å². The van der Waals surface area contributed by atoms with Crippen LogP contribution in [0.25, 0.3) is 5.69 Å². The van der Waals surface area contributed by atoms with Gasteiger partial charge in [-0.15, -0.1) is 5.10 Å². The average Bonchev–Trinajstić information content (AvgIpc) is 2.84.